The summed E-state index contributed by atoms with van der Waals surface area (Å²) in [7, 11) is -3.04. The first kappa shape index (κ1) is 11.5. The molecule has 0 saturated carbocycles. The molecule has 0 aliphatic heterocycles. The van der Waals surface area contributed by atoms with Gasteiger partial charge in [-0.2, -0.15) is 0 Å². The van der Waals surface area contributed by atoms with E-state index in [2.05, 4.69) is 0 Å². The van der Waals surface area contributed by atoms with Crippen molar-refractivity contribution in [3.05, 3.63) is 0 Å². The van der Waals surface area contributed by atoms with E-state index in [4.69, 9.17) is 23.2 Å². The second-order valence-corrected chi connectivity index (χ2v) is 6.28. The Morgan fingerprint density at radius 3 is 1.55 bits per heavy atom. The highest BCUT2D eigenvalue weighted by Gasteiger charge is 2.16. The average Bonchev–Trinajstić information content (AvgIpc) is 1.53. The maximum Gasteiger partial charge on any atom is 0.153 e. The predicted octanol–water partition coefficient (Wildman–Crippen LogP) is 1.66. The van der Waals surface area contributed by atoms with Crippen LogP contribution in [0.25, 0.3) is 0 Å². The fourth-order valence-corrected chi connectivity index (χ4v) is 3.46. The third-order valence-electron chi connectivity index (χ3n) is 0.967. The summed E-state index contributed by atoms with van der Waals surface area (Å²) in [5, 5.41) is -0.675. The highest BCUT2D eigenvalue weighted by molar-refractivity contribution is 7.91. The summed E-state index contributed by atoms with van der Waals surface area (Å²) in [6.45, 7) is 3.30. The first-order valence-corrected chi connectivity index (χ1v) is 6.01. The summed E-state index contributed by atoms with van der Waals surface area (Å²) in [5.41, 5.74) is 0. The smallest absolute Gasteiger partial charge is 0.153 e. The number of alkyl halides is 2. The van der Waals surface area contributed by atoms with E-state index in [9.17, 15) is 8.42 Å². The van der Waals surface area contributed by atoms with Crippen molar-refractivity contribution in [1.82, 2.24) is 0 Å². The van der Waals surface area contributed by atoms with Gasteiger partial charge in [0.1, 0.15) is 0 Å². The lowest BCUT2D eigenvalue weighted by molar-refractivity contribution is 0.594. The topological polar surface area (TPSA) is 34.1 Å². The molecule has 11 heavy (non-hydrogen) atoms. The van der Waals surface area contributed by atoms with E-state index in [1.807, 2.05) is 0 Å². The van der Waals surface area contributed by atoms with Crippen molar-refractivity contribution in [3.63, 3.8) is 0 Å². The fourth-order valence-electron chi connectivity index (χ4n) is 0.768. The van der Waals surface area contributed by atoms with Gasteiger partial charge in [0.25, 0.3) is 0 Å². The Hall–Kier alpha value is 0.530. The number of hydrogen-bond acceptors (Lipinski definition) is 2. The minimum Gasteiger partial charge on any atom is -0.229 e. The van der Waals surface area contributed by atoms with Gasteiger partial charge >= 0.3 is 0 Å². The van der Waals surface area contributed by atoms with Gasteiger partial charge in [0.05, 0.1) is 11.5 Å². The molecule has 2 unspecified atom stereocenters. The van der Waals surface area contributed by atoms with Crippen molar-refractivity contribution in [3.8, 4) is 0 Å². The normalized spacial score (nSPS) is 17.8. The van der Waals surface area contributed by atoms with Crippen LogP contribution in [0.3, 0.4) is 0 Å². The van der Waals surface area contributed by atoms with Crippen LogP contribution in [-0.4, -0.2) is 30.7 Å². The molecule has 68 valence electrons. The van der Waals surface area contributed by atoms with E-state index in [1.165, 1.54) is 0 Å². The summed E-state index contributed by atoms with van der Waals surface area (Å²) >= 11 is 11.0. The van der Waals surface area contributed by atoms with Gasteiger partial charge in [-0.1, -0.05) is 0 Å². The molecule has 0 aromatic carbocycles. The average molecular weight is 219 g/mol. The van der Waals surface area contributed by atoms with E-state index >= 15 is 0 Å². The Kier molecular flexibility index (Phi) is 4.75. The summed E-state index contributed by atoms with van der Waals surface area (Å²) in [6.07, 6.45) is 0. The minimum atomic E-state index is -3.04. The fraction of sp³-hybridized carbons (Fsp3) is 1.00. The summed E-state index contributed by atoms with van der Waals surface area (Å²) < 4.78 is 22.2. The van der Waals surface area contributed by atoms with E-state index in [0.29, 0.717) is 0 Å². The quantitative estimate of drug-likeness (QED) is 0.674. The Bertz CT molecular complexity index is 181. The number of hydrogen-bond donors (Lipinski definition) is 0. The molecule has 2 nitrogen and oxygen atoms in total. The molecule has 0 N–H and O–H groups in total. The summed E-state index contributed by atoms with van der Waals surface area (Å²) in [6, 6.07) is 0. The van der Waals surface area contributed by atoms with Crippen LogP contribution in [-0.2, 0) is 9.84 Å². The zero-order valence-corrected chi connectivity index (χ0v) is 8.88. The number of sulfone groups is 1. The minimum absolute atomic E-state index is 0.00557. The maximum atomic E-state index is 11.1. The number of rotatable bonds is 4. The monoisotopic (exact) mass is 218 g/mol. The third-order valence-corrected chi connectivity index (χ3v) is 3.66. The van der Waals surface area contributed by atoms with E-state index in [-0.39, 0.29) is 22.3 Å². The number of halogens is 2. The van der Waals surface area contributed by atoms with Crippen LogP contribution in [0.4, 0.5) is 0 Å². The summed E-state index contributed by atoms with van der Waals surface area (Å²) in [5.74, 6) is 0.0111. The van der Waals surface area contributed by atoms with Crippen LogP contribution >= 0.6 is 23.2 Å². The van der Waals surface area contributed by atoms with Gasteiger partial charge in [0.2, 0.25) is 0 Å². The van der Waals surface area contributed by atoms with Crippen molar-refractivity contribution in [1.29, 1.82) is 0 Å². The molecular weight excluding hydrogens is 207 g/mol. The van der Waals surface area contributed by atoms with Gasteiger partial charge in [0, 0.05) is 10.8 Å². The predicted molar refractivity (Wildman–Crippen MR) is 49.3 cm³/mol. The lowest BCUT2D eigenvalue weighted by Crippen LogP contribution is -2.21. The molecule has 0 bridgehead atoms. The Morgan fingerprint density at radius 1 is 1.09 bits per heavy atom. The van der Waals surface area contributed by atoms with Crippen LogP contribution in [0.5, 0.6) is 0 Å². The van der Waals surface area contributed by atoms with Gasteiger partial charge < -0.3 is 0 Å². The molecule has 0 spiro atoms. The van der Waals surface area contributed by atoms with E-state index in [1.54, 1.807) is 13.8 Å². The maximum absolute atomic E-state index is 11.1. The Balaban J connectivity index is 4.03. The molecule has 5 heteroatoms. The molecule has 0 heterocycles. The van der Waals surface area contributed by atoms with Crippen molar-refractivity contribution in [2.75, 3.05) is 11.5 Å². The first-order chi connectivity index (χ1) is 4.83. The van der Waals surface area contributed by atoms with E-state index in [0.717, 1.165) is 0 Å². The zero-order chi connectivity index (χ0) is 9.07. The molecule has 0 saturated heterocycles. The molecule has 0 aromatic rings. The lowest BCUT2D eigenvalue weighted by atomic mass is 10.6. The van der Waals surface area contributed by atoms with Crippen LogP contribution in [0.1, 0.15) is 13.8 Å². The highest BCUT2D eigenvalue weighted by Crippen LogP contribution is 2.05. The molecule has 0 aromatic heterocycles. The molecule has 2 atom stereocenters. The molecule has 0 aliphatic rings. The van der Waals surface area contributed by atoms with Crippen molar-refractivity contribution >= 4 is 33.0 Å². The van der Waals surface area contributed by atoms with E-state index < -0.39 is 9.84 Å². The van der Waals surface area contributed by atoms with Gasteiger partial charge in [-0.3, -0.25) is 0 Å². The second kappa shape index (κ2) is 4.53. The van der Waals surface area contributed by atoms with Crippen LogP contribution in [0.2, 0.25) is 0 Å². The standard InChI is InChI=1S/C6H12Cl2O2S/c1-5(7)3-11(9,10)4-6(2)8/h5-6H,3-4H2,1-2H3. The van der Waals surface area contributed by atoms with Crippen molar-refractivity contribution in [2.45, 2.75) is 24.6 Å². The van der Waals surface area contributed by atoms with Crippen LogP contribution in [0, 0.1) is 0 Å². The Morgan fingerprint density at radius 2 is 1.36 bits per heavy atom. The van der Waals surface area contributed by atoms with Crippen molar-refractivity contribution < 1.29 is 8.42 Å². The largest absolute Gasteiger partial charge is 0.229 e. The van der Waals surface area contributed by atoms with Gasteiger partial charge in [-0.25, -0.2) is 8.42 Å². The van der Waals surface area contributed by atoms with Gasteiger partial charge in [-0.05, 0) is 13.8 Å². The molecule has 0 rings (SSSR count). The third kappa shape index (κ3) is 6.91. The van der Waals surface area contributed by atoms with Crippen LogP contribution < -0.4 is 0 Å². The second-order valence-electron chi connectivity index (χ2n) is 2.64. The molecule has 0 fully saturated rings. The SMILES string of the molecule is CC(Cl)CS(=O)(=O)CC(C)Cl. The van der Waals surface area contributed by atoms with Crippen LogP contribution in [0.15, 0.2) is 0 Å². The lowest BCUT2D eigenvalue weighted by Gasteiger charge is -2.06. The highest BCUT2D eigenvalue weighted by atomic mass is 35.5. The van der Waals surface area contributed by atoms with Gasteiger partial charge in [0.15, 0.2) is 9.84 Å². The molecular formula is C6H12Cl2O2S. The molecule has 0 aliphatic carbocycles. The molecule has 0 amide bonds. The van der Waals surface area contributed by atoms with Gasteiger partial charge in [-0.15, -0.1) is 23.2 Å². The summed E-state index contributed by atoms with van der Waals surface area (Å²) in [4.78, 5) is 0. The van der Waals surface area contributed by atoms with Crippen molar-refractivity contribution in [2.24, 2.45) is 0 Å². The molecule has 0 radical (unpaired) electrons. The first-order valence-electron chi connectivity index (χ1n) is 3.32. The Labute approximate surface area is 77.8 Å². The zero-order valence-electron chi connectivity index (χ0n) is 6.55.